The number of aliphatic carboxylic acids is 1. The maximum atomic E-state index is 13.1. The van der Waals surface area contributed by atoms with Crippen LogP contribution in [0.2, 0.25) is 0 Å². The molecule has 0 bridgehead atoms. The molecule has 110 valence electrons. The molecule has 5 nitrogen and oxygen atoms in total. The number of hydrogen-bond acceptors (Lipinski definition) is 2. The van der Waals surface area contributed by atoms with Gasteiger partial charge in [0.2, 0.25) is 0 Å². The van der Waals surface area contributed by atoms with Gasteiger partial charge in [-0.1, -0.05) is 26.3 Å². The molecule has 0 saturated heterocycles. The van der Waals surface area contributed by atoms with Crippen LogP contribution in [0.3, 0.4) is 0 Å². The zero-order valence-electron chi connectivity index (χ0n) is 11.7. The van der Waals surface area contributed by atoms with E-state index in [2.05, 4.69) is 10.6 Å². The number of hydrogen-bond donors (Lipinski definition) is 3. The van der Waals surface area contributed by atoms with Crippen LogP contribution >= 0.6 is 0 Å². The Hall–Kier alpha value is -2.11. The molecule has 1 aromatic carbocycles. The Morgan fingerprint density at radius 3 is 2.60 bits per heavy atom. The fraction of sp³-hybridized carbons (Fsp3) is 0.429. The fourth-order valence-corrected chi connectivity index (χ4v) is 1.71. The quantitative estimate of drug-likeness (QED) is 0.777. The zero-order chi connectivity index (χ0) is 15.3. The van der Waals surface area contributed by atoms with E-state index in [1.807, 2.05) is 6.92 Å². The summed E-state index contributed by atoms with van der Waals surface area (Å²) in [5, 5.41) is 13.9. The standard InChI is InChI=1S/C14H19FN2O3/c1-4-8(2)12(13(18)19)17-14(20)16-11-7-10(15)6-5-9(11)3/h5-8,12H,4H2,1-3H3,(H,18,19)(H2,16,17,20)/t8?,12-/m0/s1. The van der Waals surface area contributed by atoms with E-state index < -0.39 is 23.9 Å². The van der Waals surface area contributed by atoms with Crippen molar-refractivity contribution in [3.8, 4) is 0 Å². The molecule has 0 heterocycles. The number of carboxylic acids is 1. The number of carbonyl (C=O) groups is 2. The molecule has 0 spiro atoms. The monoisotopic (exact) mass is 282 g/mol. The highest BCUT2D eigenvalue weighted by molar-refractivity contribution is 5.92. The minimum absolute atomic E-state index is 0.202. The van der Waals surface area contributed by atoms with Gasteiger partial charge in [0.05, 0.1) is 0 Å². The third-order valence-corrected chi connectivity index (χ3v) is 3.21. The lowest BCUT2D eigenvalue weighted by atomic mass is 9.99. The number of urea groups is 1. The number of aryl methyl sites for hydroxylation is 1. The molecule has 1 rings (SSSR count). The van der Waals surface area contributed by atoms with E-state index in [0.717, 1.165) is 0 Å². The summed E-state index contributed by atoms with van der Waals surface area (Å²) in [5.41, 5.74) is 1.01. The normalized spacial score (nSPS) is 13.4. The minimum atomic E-state index is -1.09. The maximum absolute atomic E-state index is 13.1. The van der Waals surface area contributed by atoms with Crippen molar-refractivity contribution < 1.29 is 19.1 Å². The summed E-state index contributed by atoms with van der Waals surface area (Å²) in [6, 6.07) is 2.38. The summed E-state index contributed by atoms with van der Waals surface area (Å²) in [4.78, 5) is 22.9. The van der Waals surface area contributed by atoms with Crippen LogP contribution in [0.25, 0.3) is 0 Å². The van der Waals surface area contributed by atoms with Crippen LogP contribution in [0.1, 0.15) is 25.8 Å². The Kier molecular flexibility index (Phi) is 5.49. The molecule has 1 aromatic rings. The van der Waals surface area contributed by atoms with Gasteiger partial charge < -0.3 is 15.7 Å². The molecule has 0 aliphatic rings. The van der Waals surface area contributed by atoms with Crippen molar-refractivity contribution in [1.82, 2.24) is 5.32 Å². The van der Waals surface area contributed by atoms with Crippen LogP contribution in [0.15, 0.2) is 18.2 Å². The molecular weight excluding hydrogens is 263 g/mol. The van der Waals surface area contributed by atoms with E-state index in [1.54, 1.807) is 13.8 Å². The first kappa shape index (κ1) is 15.9. The second kappa shape index (κ2) is 6.88. The molecule has 0 aromatic heterocycles. The summed E-state index contributed by atoms with van der Waals surface area (Å²) in [5.74, 6) is -1.76. The number of anilines is 1. The first-order valence-corrected chi connectivity index (χ1v) is 6.41. The predicted octanol–water partition coefficient (Wildman–Crippen LogP) is 2.75. The van der Waals surface area contributed by atoms with E-state index in [1.165, 1.54) is 18.2 Å². The Bertz CT molecular complexity index is 505. The number of benzene rings is 1. The first-order valence-electron chi connectivity index (χ1n) is 6.41. The largest absolute Gasteiger partial charge is 0.480 e. The van der Waals surface area contributed by atoms with Crippen molar-refractivity contribution in [3.63, 3.8) is 0 Å². The van der Waals surface area contributed by atoms with Crippen LogP contribution in [0, 0.1) is 18.7 Å². The lowest BCUT2D eigenvalue weighted by Crippen LogP contribution is -2.46. The van der Waals surface area contributed by atoms with E-state index >= 15 is 0 Å². The van der Waals surface area contributed by atoms with Crippen molar-refractivity contribution in [2.45, 2.75) is 33.2 Å². The van der Waals surface area contributed by atoms with Crippen LogP contribution in [-0.2, 0) is 4.79 Å². The summed E-state index contributed by atoms with van der Waals surface area (Å²) < 4.78 is 13.1. The number of halogens is 1. The van der Waals surface area contributed by atoms with Crippen molar-refractivity contribution in [1.29, 1.82) is 0 Å². The number of rotatable bonds is 5. The highest BCUT2D eigenvalue weighted by Crippen LogP contribution is 2.16. The van der Waals surface area contributed by atoms with Crippen molar-refractivity contribution in [2.75, 3.05) is 5.32 Å². The maximum Gasteiger partial charge on any atom is 0.326 e. The summed E-state index contributed by atoms with van der Waals surface area (Å²) in [6.07, 6.45) is 0.621. The van der Waals surface area contributed by atoms with Gasteiger partial charge in [-0.05, 0) is 30.5 Å². The van der Waals surface area contributed by atoms with Gasteiger partial charge in [0.15, 0.2) is 0 Å². The van der Waals surface area contributed by atoms with Crippen LogP contribution < -0.4 is 10.6 Å². The third-order valence-electron chi connectivity index (χ3n) is 3.21. The molecule has 0 radical (unpaired) electrons. The van der Waals surface area contributed by atoms with Crippen molar-refractivity contribution in [2.24, 2.45) is 5.92 Å². The lowest BCUT2D eigenvalue weighted by Gasteiger charge is -2.20. The molecule has 1 unspecified atom stereocenters. The number of carbonyl (C=O) groups excluding carboxylic acids is 1. The Labute approximate surface area is 117 Å². The molecule has 0 saturated carbocycles. The third kappa shape index (κ3) is 4.22. The Morgan fingerprint density at radius 2 is 2.05 bits per heavy atom. The summed E-state index contributed by atoms with van der Waals surface area (Å²) in [7, 11) is 0. The molecule has 0 aliphatic carbocycles. The molecule has 2 atom stereocenters. The molecule has 20 heavy (non-hydrogen) atoms. The van der Waals surface area contributed by atoms with E-state index in [0.29, 0.717) is 17.7 Å². The van der Waals surface area contributed by atoms with Crippen LogP contribution in [-0.4, -0.2) is 23.1 Å². The predicted molar refractivity (Wildman–Crippen MR) is 74.2 cm³/mol. The molecule has 2 amide bonds. The number of nitrogens with one attached hydrogen (secondary N) is 2. The average Bonchev–Trinajstić information content (AvgIpc) is 2.39. The Balaban J connectivity index is 2.75. The van der Waals surface area contributed by atoms with Crippen molar-refractivity contribution >= 4 is 17.7 Å². The van der Waals surface area contributed by atoms with Gasteiger partial charge >= 0.3 is 12.0 Å². The highest BCUT2D eigenvalue weighted by atomic mass is 19.1. The van der Waals surface area contributed by atoms with E-state index in [9.17, 15) is 14.0 Å². The highest BCUT2D eigenvalue weighted by Gasteiger charge is 2.25. The SMILES string of the molecule is CCC(C)[C@H](NC(=O)Nc1cc(F)ccc1C)C(=O)O. The van der Waals surface area contributed by atoms with Gasteiger partial charge in [0, 0.05) is 5.69 Å². The van der Waals surface area contributed by atoms with Gasteiger partial charge in [0.25, 0.3) is 0 Å². The zero-order valence-corrected chi connectivity index (χ0v) is 11.7. The van der Waals surface area contributed by atoms with E-state index in [4.69, 9.17) is 5.11 Å². The van der Waals surface area contributed by atoms with Gasteiger partial charge in [0.1, 0.15) is 11.9 Å². The van der Waals surface area contributed by atoms with E-state index in [-0.39, 0.29) is 5.92 Å². The first-order chi connectivity index (χ1) is 9.35. The van der Waals surface area contributed by atoms with Gasteiger partial charge in [-0.2, -0.15) is 0 Å². The molecule has 0 fully saturated rings. The fourth-order valence-electron chi connectivity index (χ4n) is 1.71. The Morgan fingerprint density at radius 1 is 1.40 bits per heavy atom. The van der Waals surface area contributed by atoms with Crippen LogP contribution in [0.5, 0.6) is 0 Å². The topological polar surface area (TPSA) is 78.4 Å². The second-order valence-electron chi connectivity index (χ2n) is 4.76. The second-order valence-corrected chi connectivity index (χ2v) is 4.76. The average molecular weight is 282 g/mol. The lowest BCUT2D eigenvalue weighted by molar-refractivity contribution is -0.140. The van der Waals surface area contributed by atoms with Gasteiger partial charge in [-0.25, -0.2) is 14.0 Å². The van der Waals surface area contributed by atoms with Gasteiger partial charge in [-0.3, -0.25) is 0 Å². The summed E-state index contributed by atoms with van der Waals surface area (Å²) >= 11 is 0. The number of amides is 2. The molecule has 6 heteroatoms. The summed E-state index contributed by atoms with van der Waals surface area (Å²) in [6.45, 7) is 5.31. The van der Waals surface area contributed by atoms with Crippen molar-refractivity contribution in [3.05, 3.63) is 29.6 Å². The smallest absolute Gasteiger partial charge is 0.326 e. The molecule has 0 aliphatic heterocycles. The molecule has 3 N–H and O–H groups in total. The van der Waals surface area contributed by atoms with Crippen LogP contribution in [0.4, 0.5) is 14.9 Å². The number of carboxylic acid groups (broad SMARTS) is 1. The molecular formula is C14H19FN2O3. The van der Waals surface area contributed by atoms with Gasteiger partial charge in [-0.15, -0.1) is 0 Å². The minimum Gasteiger partial charge on any atom is -0.480 e.